The van der Waals surface area contributed by atoms with Crippen LogP contribution >= 0.6 is 0 Å². The second-order valence-electron chi connectivity index (χ2n) is 4.21. The van der Waals surface area contributed by atoms with Crippen molar-refractivity contribution in [3.05, 3.63) is 18.2 Å². The van der Waals surface area contributed by atoms with E-state index in [0.717, 1.165) is 31.6 Å². The number of hydrogen-bond acceptors (Lipinski definition) is 3. The van der Waals surface area contributed by atoms with Crippen molar-refractivity contribution in [3.8, 4) is 0 Å². The van der Waals surface area contributed by atoms with Gasteiger partial charge in [-0.3, -0.25) is 0 Å². The maximum atomic E-state index is 6.13. The van der Waals surface area contributed by atoms with E-state index in [0.29, 0.717) is 0 Å². The number of aryl methyl sites for hydroxylation is 1. The van der Waals surface area contributed by atoms with Crippen LogP contribution in [0.1, 0.15) is 45.0 Å². The van der Waals surface area contributed by atoms with Gasteiger partial charge in [-0.2, -0.15) is 0 Å². The summed E-state index contributed by atoms with van der Waals surface area (Å²) < 4.78 is 7.35. The third kappa shape index (κ3) is 3.61. The van der Waals surface area contributed by atoms with Gasteiger partial charge in [0.15, 0.2) is 0 Å². The molecule has 0 amide bonds. The minimum absolute atomic E-state index is 0.0131. The Balaban J connectivity index is 2.51. The predicted octanol–water partition coefficient (Wildman–Crippen LogP) is 2.11. The summed E-state index contributed by atoms with van der Waals surface area (Å²) in [7, 11) is 1.73. The first-order chi connectivity index (χ1) is 7.69. The number of nitrogens with two attached hydrogens (primary N) is 1. The Bertz CT molecular complexity index is 298. The Labute approximate surface area is 97.8 Å². The van der Waals surface area contributed by atoms with Crippen molar-refractivity contribution >= 4 is 0 Å². The van der Waals surface area contributed by atoms with Gasteiger partial charge in [0.2, 0.25) is 0 Å². The molecule has 92 valence electrons. The van der Waals surface area contributed by atoms with E-state index in [1.807, 2.05) is 12.4 Å². The monoisotopic (exact) mass is 225 g/mol. The molecular formula is C12H23N3O. The number of nitrogens with zero attached hydrogens (tertiary/aromatic N) is 2. The van der Waals surface area contributed by atoms with E-state index < -0.39 is 0 Å². The van der Waals surface area contributed by atoms with Crippen molar-refractivity contribution in [1.29, 1.82) is 0 Å². The largest absolute Gasteiger partial charge is 0.382 e. The van der Waals surface area contributed by atoms with Gasteiger partial charge in [-0.15, -0.1) is 0 Å². The molecule has 1 aromatic rings. The molecule has 1 aromatic heterocycles. The smallest absolute Gasteiger partial charge is 0.125 e. The fraction of sp³-hybridized carbons (Fsp3) is 0.750. The highest BCUT2D eigenvalue weighted by Gasteiger charge is 2.13. The van der Waals surface area contributed by atoms with Crippen molar-refractivity contribution in [3.63, 3.8) is 0 Å². The van der Waals surface area contributed by atoms with Crippen LogP contribution in [-0.2, 0) is 11.3 Å². The van der Waals surface area contributed by atoms with E-state index in [4.69, 9.17) is 10.5 Å². The van der Waals surface area contributed by atoms with Crippen LogP contribution in [-0.4, -0.2) is 22.8 Å². The zero-order valence-corrected chi connectivity index (χ0v) is 10.5. The van der Waals surface area contributed by atoms with E-state index >= 15 is 0 Å². The fourth-order valence-corrected chi connectivity index (χ4v) is 1.74. The van der Waals surface area contributed by atoms with Crippen molar-refractivity contribution in [2.75, 3.05) is 7.11 Å². The second-order valence-corrected chi connectivity index (χ2v) is 4.21. The molecule has 4 heteroatoms. The molecule has 1 heterocycles. The molecule has 0 spiro atoms. The van der Waals surface area contributed by atoms with Crippen molar-refractivity contribution in [2.45, 2.75) is 51.8 Å². The highest BCUT2D eigenvalue weighted by atomic mass is 16.5. The van der Waals surface area contributed by atoms with Crippen LogP contribution in [0.4, 0.5) is 0 Å². The number of methoxy groups -OCH3 is 1. The Kier molecular flexibility index (Phi) is 5.49. The summed E-state index contributed by atoms with van der Waals surface area (Å²) in [5.41, 5.74) is 6.13. The van der Waals surface area contributed by atoms with Gasteiger partial charge in [0, 0.05) is 26.0 Å². The van der Waals surface area contributed by atoms with Gasteiger partial charge < -0.3 is 15.0 Å². The summed E-state index contributed by atoms with van der Waals surface area (Å²) in [4.78, 5) is 4.34. The zero-order valence-electron chi connectivity index (χ0n) is 10.5. The molecule has 2 N–H and O–H groups in total. The van der Waals surface area contributed by atoms with Crippen LogP contribution in [0.5, 0.6) is 0 Å². The highest BCUT2D eigenvalue weighted by Crippen LogP contribution is 2.16. The van der Waals surface area contributed by atoms with Crippen molar-refractivity contribution in [2.24, 2.45) is 5.73 Å². The van der Waals surface area contributed by atoms with Crippen LogP contribution < -0.4 is 5.73 Å². The van der Waals surface area contributed by atoms with Gasteiger partial charge in [0.05, 0.1) is 12.1 Å². The van der Waals surface area contributed by atoms with Gasteiger partial charge in [-0.05, 0) is 26.2 Å². The molecule has 16 heavy (non-hydrogen) atoms. The molecule has 2 atom stereocenters. The molecule has 0 radical (unpaired) electrons. The van der Waals surface area contributed by atoms with Crippen molar-refractivity contribution in [1.82, 2.24) is 9.55 Å². The van der Waals surface area contributed by atoms with Gasteiger partial charge in [-0.1, -0.05) is 6.92 Å². The average molecular weight is 225 g/mol. The Morgan fingerprint density at radius 1 is 1.50 bits per heavy atom. The third-order valence-electron chi connectivity index (χ3n) is 2.83. The lowest BCUT2D eigenvalue weighted by Gasteiger charge is -2.15. The summed E-state index contributed by atoms with van der Waals surface area (Å²) in [6.07, 6.45) is 7.07. The second kappa shape index (κ2) is 6.66. The highest BCUT2D eigenvalue weighted by molar-refractivity contribution is 4.98. The summed E-state index contributed by atoms with van der Waals surface area (Å²) in [6.45, 7) is 5.20. The molecule has 0 aromatic carbocycles. The molecule has 0 aliphatic carbocycles. The maximum absolute atomic E-state index is 6.13. The molecule has 4 nitrogen and oxygen atoms in total. The lowest BCUT2D eigenvalue weighted by atomic mass is 10.1. The topological polar surface area (TPSA) is 53.1 Å². The van der Waals surface area contributed by atoms with Crippen molar-refractivity contribution < 1.29 is 4.74 Å². The van der Waals surface area contributed by atoms with E-state index in [-0.39, 0.29) is 12.1 Å². The fourth-order valence-electron chi connectivity index (χ4n) is 1.74. The molecule has 0 aliphatic rings. The normalized spacial score (nSPS) is 15.0. The third-order valence-corrected chi connectivity index (χ3v) is 2.83. The zero-order chi connectivity index (χ0) is 12.0. The van der Waals surface area contributed by atoms with E-state index in [9.17, 15) is 0 Å². The molecule has 2 unspecified atom stereocenters. The predicted molar refractivity (Wildman–Crippen MR) is 65.2 cm³/mol. The first kappa shape index (κ1) is 13.2. The van der Waals surface area contributed by atoms with E-state index in [1.165, 1.54) is 0 Å². The minimum atomic E-state index is 0.0131. The number of imidazole rings is 1. The van der Waals surface area contributed by atoms with Gasteiger partial charge in [0.1, 0.15) is 5.82 Å². The van der Waals surface area contributed by atoms with Gasteiger partial charge in [0.25, 0.3) is 0 Å². The standard InChI is InChI=1S/C12H23N3O/c1-4-8-15-9-7-14-12(15)11(13)6-5-10(2)16-3/h7,9-11H,4-6,8,13H2,1-3H3. The molecule has 0 bridgehead atoms. The van der Waals surface area contributed by atoms with Crippen LogP contribution in [0.25, 0.3) is 0 Å². The molecular weight excluding hydrogens is 202 g/mol. The molecule has 0 aliphatic heterocycles. The lowest BCUT2D eigenvalue weighted by Crippen LogP contribution is -2.18. The lowest BCUT2D eigenvalue weighted by molar-refractivity contribution is 0.107. The Hall–Kier alpha value is -0.870. The first-order valence-electron chi connectivity index (χ1n) is 5.98. The molecule has 1 rings (SSSR count). The van der Waals surface area contributed by atoms with Crippen LogP contribution in [0.3, 0.4) is 0 Å². The molecule has 0 saturated carbocycles. The quantitative estimate of drug-likeness (QED) is 0.773. The van der Waals surface area contributed by atoms with Gasteiger partial charge in [-0.25, -0.2) is 4.98 Å². The van der Waals surface area contributed by atoms with E-state index in [2.05, 4.69) is 23.4 Å². The molecule has 0 fully saturated rings. The number of rotatable bonds is 7. The summed E-state index contributed by atoms with van der Waals surface area (Å²) in [5.74, 6) is 0.991. The van der Waals surface area contributed by atoms with Gasteiger partial charge >= 0.3 is 0 Å². The maximum Gasteiger partial charge on any atom is 0.125 e. The number of ether oxygens (including phenoxy) is 1. The van der Waals surface area contributed by atoms with E-state index in [1.54, 1.807) is 7.11 Å². The Morgan fingerprint density at radius 3 is 2.88 bits per heavy atom. The van der Waals surface area contributed by atoms with Crippen LogP contribution in [0, 0.1) is 0 Å². The average Bonchev–Trinajstić information content (AvgIpc) is 2.74. The summed E-state index contributed by atoms with van der Waals surface area (Å²) in [5, 5.41) is 0. The van der Waals surface area contributed by atoms with Crippen LogP contribution in [0.2, 0.25) is 0 Å². The minimum Gasteiger partial charge on any atom is -0.382 e. The Morgan fingerprint density at radius 2 is 2.25 bits per heavy atom. The number of hydrogen-bond donors (Lipinski definition) is 1. The summed E-state index contributed by atoms with van der Waals surface area (Å²) in [6, 6.07) is 0.0131. The molecule has 0 saturated heterocycles. The van der Waals surface area contributed by atoms with Crippen LogP contribution in [0.15, 0.2) is 12.4 Å². The summed E-state index contributed by atoms with van der Waals surface area (Å²) >= 11 is 0. The SMILES string of the molecule is CCCn1ccnc1C(N)CCC(C)OC. The number of aromatic nitrogens is 2. The first-order valence-corrected chi connectivity index (χ1v) is 5.98.